The highest BCUT2D eigenvalue weighted by Gasteiger charge is 2.14. The number of H-pyrrole nitrogens is 1. The van der Waals surface area contributed by atoms with Gasteiger partial charge in [0, 0.05) is 31.3 Å². The Labute approximate surface area is 206 Å². The van der Waals surface area contributed by atoms with Crippen molar-refractivity contribution < 1.29 is 9.59 Å². The Morgan fingerprint density at radius 3 is 2.60 bits per heavy atom. The maximum absolute atomic E-state index is 13.2. The van der Waals surface area contributed by atoms with Crippen molar-refractivity contribution in [1.82, 2.24) is 25.1 Å². The molecule has 0 bridgehead atoms. The first-order valence-corrected chi connectivity index (χ1v) is 12.2. The van der Waals surface area contributed by atoms with Gasteiger partial charge in [0.05, 0.1) is 16.7 Å². The summed E-state index contributed by atoms with van der Waals surface area (Å²) in [4.78, 5) is 42.5. The van der Waals surface area contributed by atoms with Gasteiger partial charge < -0.3 is 10.6 Å². The molecule has 0 unspecified atom stereocenters. The molecule has 3 N–H and O–H groups in total. The Morgan fingerprint density at radius 1 is 1.06 bits per heavy atom. The fourth-order valence-electron chi connectivity index (χ4n) is 3.53. The lowest BCUT2D eigenvalue weighted by molar-refractivity contribution is -0.121. The topological polar surface area (TPSA) is 122 Å². The zero-order valence-electron chi connectivity index (χ0n) is 19.3. The number of hydrogen-bond donors (Lipinski definition) is 3. The average Bonchev–Trinajstić information content (AvgIpc) is 3.28. The molecule has 0 aliphatic rings. The second-order valence-corrected chi connectivity index (χ2v) is 8.95. The predicted octanol–water partition coefficient (Wildman–Crippen LogP) is 3.26. The number of aryl methyl sites for hydroxylation is 1. The largest absolute Gasteiger partial charge is 0.352 e. The quantitative estimate of drug-likeness (QED) is 0.232. The number of benzene rings is 2. The molecule has 10 heteroatoms. The number of aromatic amines is 1. The van der Waals surface area contributed by atoms with E-state index in [0.717, 1.165) is 11.3 Å². The van der Waals surface area contributed by atoms with Crippen molar-refractivity contribution in [3.05, 3.63) is 82.3 Å². The van der Waals surface area contributed by atoms with E-state index in [1.807, 2.05) is 43.3 Å². The van der Waals surface area contributed by atoms with Crippen LogP contribution in [0, 0.1) is 6.92 Å². The van der Waals surface area contributed by atoms with E-state index in [1.54, 1.807) is 28.8 Å². The zero-order valence-corrected chi connectivity index (χ0v) is 20.1. The zero-order chi connectivity index (χ0) is 24.6. The molecule has 2 aromatic heterocycles. The minimum absolute atomic E-state index is 0.0637. The first-order valence-electron chi connectivity index (χ1n) is 11.2. The van der Waals surface area contributed by atoms with Crippen LogP contribution < -0.4 is 16.2 Å². The van der Waals surface area contributed by atoms with Crippen LogP contribution in [0.3, 0.4) is 0 Å². The van der Waals surface area contributed by atoms with Crippen LogP contribution in [0.1, 0.15) is 24.1 Å². The number of thioether (sulfide) groups is 1. The number of para-hydroxylation sites is 1. The normalized spacial score (nSPS) is 10.9. The van der Waals surface area contributed by atoms with Crippen LogP contribution in [0.25, 0.3) is 10.9 Å². The summed E-state index contributed by atoms with van der Waals surface area (Å²) in [6, 6.07) is 18.5. The van der Waals surface area contributed by atoms with E-state index in [1.165, 1.54) is 11.8 Å². The van der Waals surface area contributed by atoms with Crippen molar-refractivity contribution in [2.75, 3.05) is 11.1 Å². The Morgan fingerprint density at radius 2 is 1.83 bits per heavy atom. The molecule has 0 radical (unpaired) electrons. The molecule has 0 spiro atoms. The minimum Gasteiger partial charge on any atom is -0.352 e. The van der Waals surface area contributed by atoms with Crippen molar-refractivity contribution in [3.8, 4) is 0 Å². The highest BCUT2D eigenvalue weighted by molar-refractivity contribution is 7.99. The van der Waals surface area contributed by atoms with Gasteiger partial charge in [0.2, 0.25) is 11.8 Å². The van der Waals surface area contributed by atoms with E-state index in [0.29, 0.717) is 41.4 Å². The van der Waals surface area contributed by atoms with Gasteiger partial charge in [-0.05, 0) is 31.0 Å². The Balaban J connectivity index is 1.41. The number of carbonyl (C=O) groups is 2. The van der Waals surface area contributed by atoms with Crippen LogP contribution >= 0.6 is 11.8 Å². The molecule has 2 aromatic carbocycles. The van der Waals surface area contributed by atoms with Gasteiger partial charge in [-0.25, -0.2) is 4.98 Å². The third kappa shape index (κ3) is 6.57. The molecule has 2 amide bonds. The summed E-state index contributed by atoms with van der Waals surface area (Å²) in [6.07, 6.45) is 0.738. The minimum atomic E-state index is -0.254. The monoisotopic (exact) mass is 490 g/mol. The fourth-order valence-corrected chi connectivity index (χ4v) is 4.35. The summed E-state index contributed by atoms with van der Waals surface area (Å²) < 4.78 is 1.55. The summed E-state index contributed by atoms with van der Waals surface area (Å²) in [7, 11) is 0. The number of amides is 2. The van der Waals surface area contributed by atoms with E-state index in [4.69, 9.17) is 0 Å². The number of nitrogens with one attached hydrogen (secondary N) is 3. The number of fused-ring (bicyclic) bond motifs is 1. The Bertz CT molecular complexity index is 1380. The SMILES string of the molecule is Cc1cc(NC(=O)CSc2nc3ccccc3c(=O)n2CCCC(=O)NCc2ccccc2)n[nH]1. The molecule has 4 aromatic rings. The summed E-state index contributed by atoms with van der Waals surface area (Å²) in [5.74, 6) is 0.168. The Kier molecular flexibility index (Phi) is 7.94. The molecule has 0 atom stereocenters. The van der Waals surface area contributed by atoms with Crippen LogP contribution in [-0.2, 0) is 22.7 Å². The lowest BCUT2D eigenvalue weighted by atomic mass is 10.2. The van der Waals surface area contributed by atoms with Crippen molar-refractivity contribution in [1.29, 1.82) is 0 Å². The van der Waals surface area contributed by atoms with E-state index < -0.39 is 0 Å². The first kappa shape index (κ1) is 24.2. The van der Waals surface area contributed by atoms with Gasteiger partial charge in [-0.15, -0.1) is 0 Å². The van der Waals surface area contributed by atoms with E-state index >= 15 is 0 Å². The van der Waals surface area contributed by atoms with Crippen molar-refractivity contribution >= 4 is 40.3 Å². The summed E-state index contributed by atoms with van der Waals surface area (Å²) >= 11 is 1.18. The predicted molar refractivity (Wildman–Crippen MR) is 136 cm³/mol. The van der Waals surface area contributed by atoms with Gasteiger partial charge in [-0.1, -0.05) is 54.2 Å². The smallest absolute Gasteiger partial charge is 0.262 e. The first-order chi connectivity index (χ1) is 17.0. The Hall–Kier alpha value is -3.92. The van der Waals surface area contributed by atoms with Crippen LogP contribution in [0.5, 0.6) is 0 Å². The van der Waals surface area contributed by atoms with Crippen LogP contribution in [0.15, 0.2) is 70.6 Å². The number of aromatic nitrogens is 4. The summed E-state index contributed by atoms with van der Waals surface area (Å²) in [5.41, 5.74) is 2.25. The van der Waals surface area contributed by atoms with Crippen molar-refractivity contribution in [2.45, 2.75) is 38.0 Å². The van der Waals surface area contributed by atoms with Gasteiger partial charge in [0.1, 0.15) is 0 Å². The van der Waals surface area contributed by atoms with Gasteiger partial charge in [0.15, 0.2) is 11.0 Å². The van der Waals surface area contributed by atoms with Crippen molar-refractivity contribution in [2.24, 2.45) is 0 Å². The van der Waals surface area contributed by atoms with E-state index in [-0.39, 0.29) is 29.5 Å². The molecule has 4 rings (SSSR count). The van der Waals surface area contributed by atoms with Gasteiger partial charge >= 0.3 is 0 Å². The highest BCUT2D eigenvalue weighted by atomic mass is 32.2. The number of nitrogens with zero attached hydrogens (tertiary/aromatic N) is 3. The lowest BCUT2D eigenvalue weighted by Crippen LogP contribution is -2.26. The molecule has 0 aliphatic heterocycles. The molecule has 35 heavy (non-hydrogen) atoms. The van der Waals surface area contributed by atoms with Crippen LogP contribution in [-0.4, -0.2) is 37.3 Å². The molecule has 0 saturated carbocycles. The van der Waals surface area contributed by atoms with E-state index in [2.05, 4.69) is 25.8 Å². The molecular weight excluding hydrogens is 464 g/mol. The highest BCUT2D eigenvalue weighted by Crippen LogP contribution is 2.19. The molecular formula is C25H26N6O3S. The second kappa shape index (κ2) is 11.5. The lowest BCUT2D eigenvalue weighted by Gasteiger charge is -2.13. The molecule has 180 valence electrons. The van der Waals surface area contributed by atoms with Crippen LogP contribution in [0.4, 0.5) is 5.82 Å². The van der Waals surface area contributed by atoms with Gasteiger partial charge in [-0.2, -0.15) is 5.10 Å². The molecule has 0 aliphatic carbocycles. The third-order valence-corrected chi connectivity index (χ3v) is 6.23. The molecule has 0 saturated heterocycles. The van der Waals surface area contributed by atoms with Gasteiger partial charge in [0.25, 0.3) is 5.56 Å². The second-order valence-electron chi connectivity index (χ2n) is 8.01. The maximum Gasteiger partial charge on any atom is 0.262 e. The fraction of sp³-hybridized carbons (Fsp3) is 0.240. The van der Waals surface area contributed by atoms with Crippen molar-refractivity contribution in [3.63, 3.8) is 0 Å². The number of rotatable bonds is 10. The van der Waals surface area contributed by atoms with Gasteiger partial charge in [-0.3, -0.25) is 24.0 Å². The molecule has 2 heterocycles. The summed E-state index contributed by atoms with van der Waals surface area (Å²) in [6.45, 7) is 2.62. The number of anilines is 1. The maximum atomic E-state index is 13.2. The number of carbonyl (C=O) groups excluding carboxylic acids is 2. The average molecular weight is 491 g/mol. The number of hydrogen-bond acceptors (Lipinski definition) is 6. The standard InChI is InChI=1S/C25H26N6O3S/c1-17-14-21(30-29-17)28-23(33)16-35-25-27-20-11-6-5-10-19(20)24(34)31(25)13-7-12-22(32)26-15-18-8-3-2-4-9-18/h2-6,8-11,14H,7,12-13,15-16H2,1H3,(H,26,32)(H2,28,29,30,33). The molecule has 9 nitrogen and oxygen atoms in total. The summed E-state index contributed by atoms with van der Waals surface area (Å²) in [5, 5.41) is 13.3. The van der Waals surface area contributed by atoms with E-state index in [9.17, 15) is 14.4 Å². The van der Waals surface area contributed by atoms with Crippen LogP contribution in [0.2, 0.25) is 0 Å². The third-order valence-electron chi connectivity index (χ3n) is 5.25. The molecule has 0 fully saturated rings.